The molecule has 0 fully saturated rings. The summed E-state index contributed by atoms with van der Waals surface area (Å²) >= 11 is 0. The third-order valence-corrected chi connectivity index (χ3v) is 3.36. The van der Waals surface area contributed by atoms with Gasteiger partial charge < -0.3 is 15.4 Å². The molecule has 1 aromatic carbocycles. The largest absolute Gasteiger partial charge is 0.439 e. The number of rotatable bonds is 5. The number of anilines is 1. The lowest BCUT2D eigenvalue weighted by atomic mass is 10.2. The number of aromatic nitrogens is 2. The third kappa shape index (κ3) is 4.79. The first-order chi connectivity index (χ1) is 12.7. The average Bonchev–Trinajstić information content (AvgIpc) is 2.69. The van der Waals surface area contributed by atoms with Crippen LogP contribution in [0.25, 0.3) is 0 Å². The normalized spacial score (nSPS) is 9.81. The molecule has 0 radical (unpaired) electrons. The van der Waals surface area contributed by atoms with Crippen LogP contribution in [0.5, 0.6) is 11.6 Å². The van der Waals surface area contributed by atoms with Crippen LogP contribution in [0.15, 0.2) is 67.0 Å². The second-order valence-electron chi connectivity index (χ2n) is 5.25. The van der Waals surface area contributed by atoms with Gasteiger partial charge in [-0.1, -0.05) is 6.07 Å². The van der Waals surface area contributed by atoms with E-state index in [9.17, 15) is 4.79 Å². The SMILES string of the molecule is N#Cc1ccc(Oc2ccc(NC(=O)NCc3ccccn3)cn2)cc1. The van der Waals surface area contributed by atoms with Crippen molar-refractivity contribution < 1.29 is 9.53 Å². The van der Waals surface area contributed by atoms with E-state index in [0.717, 1.165) is 5.69 Å². The molecule has 2 heterocycles. The number of ether oxygens (including phenoxy) is 1. The molecule has 0 unspecified atom stereocenters. The van der Waals surface area contributed by atoms with E-state index in [2.05, 4.69) is 20.6 Å². The molecule has 0 aliphatic heterocycles. The summed E-state index contributed by atoms with van der Waals surface area (Å²) in [5.41, 5.74) is 1.87. The molecule has 26 heavy (non-hydrogen) atoms. The number of urea groups is 1. The summed E-state index contributed by atoms with van der Waals surface area (Å²) in [4.78, 5) is 20.2. The maximum Gasteiger partial charge on any atom is 0.319 e. The van der Waals surface area contributed by atoms with Crippen molar-refractivity contribution in [2.45, 2.75) is 6.54 Å². The van der Waals surface area contributed by atoms with Crippen LogP contribution in [-0.4, -0.2) is 16.0 Å². The molecule has 0 aliphatic rings. The highest BCUT2D eigenvalue weighted by Gasteiger charge is 2.04. The number of hydrogen-bond acceptors (Lipinski definition) is 5. The molecule has 0 saturated heterocycles. The second kappa shape index (κ2) is 8.26. The summed E-state index contributed by atoms with van der Waals surface area (Å²) in [6.45, 7) is 0.333. The van der Waals surface area contributed by atoms with E-state index in [1.807, 2.05) is 24.3 Å². The fourth-order valence-corrected chi connectivity index (χ4v) is 2.08. The Kier molecular flexibility index (Phi) is 5.38. The monoisotopic (exact) mass is 345 g/mol. The van der Waals surface area contributed by atoms with Gasteiger partial charge in [0.15, 0.2) is 0 Å². The predicted octanol–water partition coefficient (Wildman–Crippen LogP) is 3.46. The van der Waals surface area contributed by atoms with Gasteiger partial charge in [0.2, 0.25) is 5.88 Å². The summed E-state index contributed by atoms with van der Waals surface area (Å²) < 4.78 is 5.59. The van der Waals surface area contributed by atoms with Gasteiger partial charge in [-0.25, -0.2) is 9.78 Å². The Hall–Kier alpha value is -3.92. The van der Waals surface area contributed by atoms with Gasteiger partial charge >= 0.3 is 6.03 Å². The van der Waals surface area contributed by atoms with E-state index in [4.69, 9.17) is 10.00 Å². The van der Waals surface area contributed by atoms with Crippen molar-refractivity contribution in [2.75, 3.05) is 5.32 Å². The molecule has 0 atom stereocenters. The lowest BCUT2D eigenvalue weighted by molar-refractivity contribution is 0.251. The van der Waals surface area contributed by atoms with Gasteiger partial charge in [-0.3, -0.25) is 4.98 Å². The molecule has 0 aliphatic carbocycles. The zero-order valence-electron chi connectivity index (χ0n) is 13.7. The van der Waals surface area contributed by atoms with Crippen LogP contribution in [-0.2, 0) is 6.54 Å². The lowest BCUT2D eigenvalue weighted by Crippen LogP contribution is -2.28. The fraction of sp³-hybridized carbons (Fsp3) is 0.0526. The molecule has 7 nitrogen and oxygen atoms in total. The van der Waals surface area contributed by atoms with E-state index in [1.54, 1.807) is 42.6 Å². The number of hydrogen-bond donors (Lipinski definition) is 2. The van der Waals surface area contributed by atoms with E-state index >= 15 is 0 Å². The molecular formula is C19H15N5O2. The van der Waals surface area contributed by atoms with Crippen molar-refractivity contribution in [1.29, 1.82) is 5.26 Å². The van der Waals surface area contributed by atoms with Gasteiger partial charge in [0, 0.05) is 12.3 Å². The summed E-state index contributed by atoms with van der Waals surface area (Å²) in [5.74, 6) is 0.958. The molecule has 7 heteroatoms. The van der Waals surface area contributed by atoms with Gasteiger partial charge in [0.25, 0.3) is 0 Å². The molecule has 128 valence electrons. The number of nitrogens with zero attached hydrogens (tertiary/aromatic N) is 3. The Labute approximate surface area is 150 Å². The minimum absolute atomic E-state index is 0.333. The first kappa shape index (κ1) is 16.9. The van der Waals surface area contributed by atoms with Crippen molar-refractivity contribution >= 4 is 11.7 Å². The van der Waals surface area contributed by atoms with Crippen LogP contribution >= 0.6 is 0 Å². The number of amides is 2. The summed E-state index contributed by atoms with van der Waals surface area (Å²) in [5, 5.41) is 14.2. The van der Waals surface area contributed by atoms with E-state index in [-0.39, 0.29) is 6.03 Å². The zero-order valence-corrected chi connectivity index (χ0v) is 13.7. The van der Waals surface area contributed by atoms with Gasteiger partial charge in [-0.15, -0.1) is 0 Å². The van der Waals surface area contributed by atoms with E-state index < -0.39 is 0 Å². The van der Waals surface area contributed by atoms with Crippen LogP contribution in [0.4, 0.5) is 10.5 Å². The first-order valence-corrected chi connectivity index (χ1v) is 7.82. The van der Waals surface area contributed by atoms with Crippen molar-refractivity contribution in [2.24, 2.45) is 0 Å². The van der Waals surface area contributed by atoms with Gasteiger partial charge in [-0.05, 0) is 42.5 Å². The Balaban J connectivity index is 1.52. The smallest absolute Gasteiger partial charge is 0.319 e. The van der Waals surface area contributed by atoms with Crippen molar-refractivity contribution in [1.82, 2.24) is 15.3 Å². The van der Waals surface area contributed by atoms with Crippen LogP contribution in [0, 0.1) is 11.3 Å². The number of nitriles is 1. The highest BCUT2D eigenvalue weighted by molar-refractivity contribution is 5.88. The number of pyridine rings is 2. The first-order valence-electron chi connectivity index (χ1n) is 7.82. The van der Waals surface area contributed by atoms with Crippen LogP contribution < -0.4 is 15.4 Å². The van der Waals surface area contributed by atoms with Gasteiger partial charge in [-0.2, -0.15) is 5.26 Å². The fourth-order valence-electron chi connectivity index (χ4n) is 2.08. The Bertz CT molecular complexity index is 903. The van der Waals surface area contributed by atoms with E-state index in [1.165, 1.54) is 6.20 Å². The standard InChI is InChI=1S/C19H15N5O2/c20-11-14-4-7-17(8-5-14)26-18-9-6-16(13-22-18)24-19(25)23-12-15-3-1-2-10-21-15/h1-10,13H,12H2,(H2,23,24,25). The third-order valence-electron chi connectivity index (χ3n) is 3.36. The molecule has 2 N–H and O–H groups in total. The highest BCUT2D eigenvalue weighted by atomic mass is 16.5. The molecule has 0 bridgehead atoms. The molecule has 0 spiro atoms. The zero-order chi connectivity index (χ0) is 18.2. The molecule has 0 saturated carbocycles. The topological polar surface area (TPSA) is 99.9 Å². The summed E-state index contributed by atoms with van der Waals surface area (Å²) in [7, 11) is 0. The van der Waals surface area contributed by atoms with Crippen LogP contribution in [0.1, 0.15) is 11.3 Å². The Morgan fingerprint density at radius 1 is 1.08 bits per heavy atom. The van der Waals surface area contributed by atoms with Crippen molar-refractivity contribution in [3.63, 3.8) is 0 Å². The summed E-state index contributed by atoms with van der Waals surface area (Å²) in [6.07, 6.45) is 3.17. The number of benzene rings is 1. The quantitative estimate of drug-likeness (QED) is 0.737. The van der Waals surface area contributed by atoms with Gasteiger partial charge in [0.1, 0.15) is 5.75 Å². The van der Waals surface area contributed by atoms with Crippen molar-refractivity contribution in [3.8, 4) is 17.7 Å². The lowest BCUT2D eigenvalue weighted by Gasteiger charge is -2.08. The second-order valence-corrected chi connectivity index (χ2v) is 5.25. The summed E-state index contributed by atoms with van der Waals surface area (Å²) in [6, 6.07) is 17.2. The Morgan fingerprint density at radius 2 is 1.92 bits per heavy atom. The number of nitrogens with one attached hydrogen (secondary N) is 2. The minimum atomic E-state index is -0.349. The molecule has 2 aromatic heterocycles. The van der Waals surface area contributed by atoms with Crippen molar-refractivity contribution in [3.05, 3.63) is 78.2 Å². The molecule has 3 aromatic rings. The highest BCUT2D eigenvalue weighted by Crippen LogP contribution is 2.20. The van der Waals surface area contributed by atoms with Crippen LogP contribution in [0.3, 0.4) is 0 Å². The number of carbonyl (C=O) groups is 1. The minimum Gasteiger partial charge on any atom is -0.439 e. The van der Waals surface area contributed by atoms with Gasteiger partial charge in [0.05, 0.1) is 35.8 Å². The molecule has 3 rings (SSSR count). The Morgan fingerprint density at radius 3 is 2.58 bits per heavy atom. The molecule has 2 amide bonds. The van der Waals surface area contributed by atoms with Crippen LogP contribution in [0.2, 0.25) is 0 Å². The predicted molar refractivity (Wildman–Crippen MR) is 95.6 cm³/mol. The van der Waals surface area contributed by atoms with E-state index in [0.29, 0.717) is 29.4 Å². The average molecular weight is 345 g/mol. The molecular weight excluding hydrogens is 330 g/mol. The maximum atomic E-state index is 11.9. The maximum absolute atomic E-state index is 11.9. The number of carbonyl (C=O) groups excluding carboxylic acids is 1.